The number of nitrogens with zero attached hydrogens (tertiary/aromatic N) is 4. The number of amides is 1. The highest BCUT2D eigenvalue weighted by atomic mass is 16.5. The van der Waals surface area contributed by atoms with Gasteiger partial charge in [-0.05, 0) is 17.5 Å². The van der Waals surface area contributed by atoms with Crippen molar-refractivity contribution in [1.29, 1.82) is 0 Å². The Labute approximate surface area is 171 Å². The predicted octanol–water partition coefficient (Wildman–Crippen LogP) is 1.58. The maximum absolute atomic E-state index is 13.4. The van der Waals surface area contributed by atoms with Crippen LogP contribution in [0.5, 0.6) is 0 Å². The Bertz CT molecular complexity index is 847. The quantitative estimate of drug-likeness (QED) is 0.789. The number of fused-ring (bicyclic) bond motifs is 1. The molecular formula is C22H28N4O3. The van der Waals surface area contributed by atoms with Gasteiger partial charge < -0.3 is 14.4 Å². The van der Waals surface area contributed by atoms with E-state index in [1.165, 1.54) is 5.56 Å². The van der Waals surface area contributed by atoms with Crippen molar-refractivity contribution in [3.8, 4) is 0 Å². The van der Waals surface area contributed by atoms with E-state index in [0.29, 0.717) is 36.8 Å². The zero-order chi connectivity index (χ0) is 19.8. The molecule has 1 aromatic carbocycles. The van der Waals surface area contributed by atoms with E-state index in [-0.39, 0.29) is 11.9 Å². The summed E-state index contributed by atoms with van der Waals surface area (Å²) in [7, 11) is 1.83. The Balaban J connectivity index is 1.41. The first-order valence-corrected chi connectivity index (χ1v) is 10.5. The van der Waals surface area contributed by atoms with Crippen LogP contribution in [0.3, 0.4) is 0 Å². The first-order chi connectivity index (χ1) is 14.2. The number of hydrogen-bond donors (Lipinski definition) is 0. The summed E-state index contributed by atoms with van der Waals surface area (Å²) in [5.41, 5.74) is 1.86. The number of aromatic nitrogens is 2. The molecule has 3 saturated heterocycles. The normalized spacial score (nSPS) is 28.4. The van der Waals surface area contributed by atoms with Gasteiger partial charge in [0, 0.05) is 38.8 Å². The molecule has 2 aromatic rings. The van der Waals surface area contributed by atoms with Crippen LogP contribution in [0.1, 0.15) is 22.1 Å². The second-order valence-corrected chi connectivity index (χ2v) is 8.33. The van der Waals surface area contributed by atoms with Crippen molar-refractivity contribution in [2.24, 2.45) is 18.9 Å². The zero-order valence-electron chi connectivity index (χ0n) is 16.8. The number of likely N-dealkylation sites (tertiary alicyclic amines) is 2. The summed E-state index contributed by atoms with van der Waals surface area (Å²) in [6.45, 7) is 5.55. The van der Waals surface area contributed by atoms with Gasteiger partial charge in [-0.3, -0.25) is 14.4 Å². The van der Waals surface area contributed by atoms with Crippen molar-refractivity contribution in [1.82, 2.24) is 19.6 Å². The van der Waals surface area contributed by atoms with Crippen molar-refractivity contribution in [2.45, 2.75) is 12.1 Å². The number of benzene rings is 1. The van der Waals surface area contributed by atoms with Gasteiger partial charge in [0.15, 0.2) is 0 Å². The van der Waals surface area contributed by atoms with Crippen molar-refractivity contribution >= 4 is 5.91 Å². The van der Waals surface area contributed by atoms with E-state index < -0.39 is 0 Å². The monoisotopic (exact) mass is 396 g/mol. The minimum Gasteiger partial charge on any atom is -0.377 e. The smallest absolute Gasteiger partial charge is 0.272 e. The molecule has 3 fully saturated rings. The predicted molar refractivity (Wildman–Crippen MR) is 107 cm³/mol. The third-order valence-corrected chi connectivity index (χ3v) is 6.64. The molecule has 1 amide bonds. The third-order valence-electron chi connectivity index (χ3n) is 6.64. The summed E-state index contributed by atoms with van der Waals surface area (Å²) in [5.74, 6) is 0.944. The minimum atomic E-state index is 0.0703. The molecular weight excluding hydrogens is 368 g/mol. The topological polar surface area (TPSA) is 59.8 Å². The lowest BCUT2D eigenvalue weighted by atomic mass is 9.89. The van der Waals surface area contributed by atoms with Gasteiger partial charge in [0.25, 0.3) is 5.91 Å². The van der Waals surface area contributed by atoms with Gasteiger partial charge in [-0.25, -0.2) is 0 Å². The molecule has 3 atom stereocenters. The largest absolute Gasteiger partial charge is 0.377 e. The van der Waals surface area contributed by atoms with Crippen LogP contribution in [0.2, 0.25) is 0 Å². The molecule has 3 aliphatic rings. The summed E-state index contributed by atoms with van der Waals surface area (Å²) in [4.78, 5) is 18.0. The molecule has 1 aromatic heterocycles. The van der Waals surface area contributed by atoms with Crippen LogP contribution in [-0.2, 0) is 16.5 Å². The van der Waals surface area contributed by atoms with Crippen LogP contribution in [-0.4, -0.2) is 77.6 Å². The third kappa shape index (κ3) is 3.47. The van der Waals surface area contributed by atoms with Gasteiger partial charge in [0.2, 0.25) is 0 Å². The summed E-state index contributed by atoms with van der Waals surface area (Å²) < 4.78 is 13.1. The fraction of sp³-hybridized carbons (Fsp3) is 0.545. The average molecular weight is 396 g/mol. The van der Waals surface area contributed by atoms with E-state index in [4.69, 9.17) is 9.47 Å². The van der Waals surface area contributed by atoms with E-state index >= 15 is 0 Å². The van der Waals surface area contributed by atoms with Gasteiger partial charge in [-0.1, -0.05) is 30.3 Å². The van der Waals surface area contributed by atoms with Crippen LogP contribution in [0.15, 0.2) is 42.6 Å². The molecule has 0 radical (unpaired) electrons. The van der Waals surface area contributed by atoms with Crippen molar-refractivity contribution in [2.75, 3.05) is 46.1 Å². The van der Waals surface area contributed by atoms with Gasteiger partial charge in [0.05, 0.1) is 38.5 Å². The molecule has 0 saturated carbocycles. The van der Waals surface area contributed by atoms with Crippen LogP contribution in [0.25, 0.3) is 0 Å². The molecule has 7 nitrogen and oxygen atoms in total. The van der Waals surface area contributed by atoms with Crippen molar-refractivity contribution in [3.63, 3.8) is 0 Å². The highest BCUT2D eigenvalue weighted by Crippen LogP contribution is 2.46. The SMILES string of the molecule is Cn1nccc1C(=O)N1C[C@@H]2CN(C3COCCOC3)C[C@@H]2[C@H]1c1ccccc1. The maximum Gasteiger partial charge on any atom is 0.272 e. The molecule has 0 aliphatic carbocycles. The Morgan fingerprint density at radius 3 is 2.48 bits per heavy atom. The standard InChI is InChI=1S/C22H28N4O3/c1-24-20(7-8-23-24)22(27)26-12-17-11-25(18-14-28-9-10-29-15-18)13-19(17)21(26)16-5-3-2-4-6-16/h2-8,17-19,21H,9-15H2,1H3/t17-,19-,21+/m0/s1. The number of carbonyl (C=O) groups excluding carboxylic acids is 1. The number of hydrogen-bond acceptors (Lipinski definition) is 5. The van der Waals surface area contributed by atoms with Crippen LogP contribution in [0, 0.1) is 11.8 Å². The van der Waals surface area contributed by atoms with E-state index in [1.54, 1.807) is 10.9 Å². The lowest BCUT2D eigenvalue weighted by molar-refractivity contribution is 0.0604. The Kier molecular flexibility index (Phi) is 5.11. The molecule has 0 unspecified atom stereocenters. The Morgan fingerprint density at radius 2 is 1.79 bits per heavy atom. The van der Waals surface area contributed by atoms with Gasteiger partial charge >= 0.3 is 0 Å². The van der Waals surface area contributed by atoms with E-state index in [0.717, 1.165) is 32.8 Å². The van der Waals surface area contributed by atoms with Crippen molar-refractivity contribution < 1.29 is 14.3 Å². The van der Waals surface area contributed by atoms with Crippen LogP contribution in [0.4, 0.5) is 0 Å². The average Bonchev–Trinajstić information content (AvgIpc) is 3.36. The molecule has 3 aliphatic heterocycles. The number of aryl methyl sites for hydroxylation is 1. The second-order valence-electron chi connectivity index (χ2n) is 8.33. The van der Waals surface area contributed by atoms with E-state index in [2.05, 4.69) is 39.2 Å². The maximum atomic E-state index is 13.4. The summed E-state index contributed by atoms with van der Waals surface area (Å²) in [6.07, 6.45) is 1.69. The van der Waals surface area contributed by atoms with E-state index in [9.17, 15) is 4.79 Å². The molecule has 7 heteroatoms. The van der Waals surface area contributed by atoms with Gasteiger partial charge in [-0.15, -0.1) is 0 Å². The Hall–Kier alpha value is -2.22. The first kappa shape index (κ1) is 18.8. The highest BCUT2D eigenvalue weighted by molar-refractivity contribution is 5.93. The summed E-state index contributed by atoms with van der Waals surface area (Å²) in [5, 5.41) is 4.19. The highest BCUT2D eigenvalue weighted by Gasteiger charge is 2.50. The summed E-state index contributed by atoms with van der Waals surface area (Å²) in [6, 6.07) is 12.7. The van der Waals surface area contributed by atoms with Crippen LogP contribution < -0.4 is 0 Å². The van der Waals surface area contributed by atoms with Crippen LogP contribution >= 0.6 is 0 Å². The second kappa shape index (κ2) is 7.89. The van der Waals surface area contributed by atoms with Crippen molar-refractivity contribution in [3.05, 3.63) is 53.9 Å². The fourth-order valence-corrected chi connectivity index (χ4v) is 5.21. The lowest BCUT2D eigenvalue weighted by Crippen LogP contribution is -2.42. The number of ether oxygens (including phenoxy) is 2. The Morgan fingerprint density at radius 1 is 1.03 bits per heavy atom. The minimum absolute atomic E-state index is 0.0703. The van der Waals surface area contributed by atoms with Gasteiger partial charge in [0.1, 0.15) is 5.69 Å². The fourth-order valence-electron chi connectivity index (χ4n) is 5.21. The molecule has 29 heavy (non-hydrogen) atoms. The molecule has 0 N–H and O–H groups in total. The summed E-state index contributed by atoms with van der Waals surface area (Å²) >= 11 is 0. The zero-order valence-corrected chi connectivity index (χ0v) is 16.8. The molecule has 0 bridgehead atoms. The lowest BCUT2D eigenvalue weighted by Gasteiger charge is -2.32. The number of carbonyl (C=O) groups is 1. The number of rotatable bonds is 3. The molecule has 0 spiro atoms. The molecule has 4 heterocycles. The van der Waals surface area contributed by atoms with E-state index in [1.807, 2.05) is 19.2 Å². The molecule has 5 rings (SSSR count). The first-order valence-electron chi connectivity index (χ1n) is 10.5. The van der Waals surface area contributed by atoms with Gasteiger partial charge in [-0.2, -0.15) is 5.10 Å². The molecule has 154 valence electrons.